The van der Waals surface area contributed by atoms with Crippen LogP contribution in [0.15, 0.2) is 0 Å². The number of hydrogen-bond acceptors (Lipinski definition) is 16. The molecule has 0 bridgehead atoms. The second-order valence-corrected chi connectivity index (χ2v) is 5.97. The van der Waals surface area contributed by atoms with Crippen molar-refractivity contribution in [3.05, 3.63) is 0 Å². The molecule has 17 heteroatoms. The number of aliphatic hydroxyl groups is 12. The summed E-state index contributed by atoms with van der Waals surface area (Å²) in [4.78, 5) is 20.2. The third-order valence-corrected chi connectivity index (χ3v) is 3.69. The van der Waals surface area contributed by atoms with E-state index in [0.29, 0.717) is 0 Å². The van der Waals surface area contributed by atoms with Crippen molar-refractivity contribution in [2.24, 2.45) is 0 Å². The van der Waals surface area contributed by atoms with Gasteiger partial charge in [0.2, 0.25) is 0 Å². The third-order valence-electron chi connectivity index (χ3n) is 3.69. The van der Waals surface area contributed by atoms with Crippen molar-refractivity contribution in [1.82, 2.24) is 0 Å². The van der Waals surface area contributed by atoms with Crippen molar-refractivity contribution in [2.45, 2.75) is 61.0 Å². The molecule has 0 fully saturated rings. The molecule has 0 aromatic heterocycles. The largest absolute Gasteiger partial charge is 2.00 e. The molecule has 0 rings (SSSR count). The number of carbonyl (C=O) groups is 2. The first-order valence-electron chi connectivity index (χ1n) is 8.09. The zero-order valence-electron chi connectivity index (χ0n) is 15.5. The van der Waals surface area contributed by atoms with E-state index in [0.717, 1.165) is 0 Å². The fourth-order valence-electron chi connectivity index (χ4n) is 1.73. The van der Waals surface area contributed by atoms with Crippen LogP contribution in [0.4, 0.5) is 0 Å². The van der Waals surface area contributed by atoms with Gasteiger partial charge in [0.25, 0.3) is 0 Å². The Hall–Kier alpha value is -1.02. The summed E-state index contributed by atoms with van der Waals surface area (Å²) in [6, 6.07) is 0. The molecule has 16 nitrogen and oxygen atoms in total. The molecule has 0 aromatic carbocycles. The zero-order valence-corrected chi connectivity index (χ0v) is 16.4. The Balaban J connectivity index is -0.000000490. The van der Waals surface area contributed by atoms with Gasteiger partial charge in [-0.3, -0.25) is 0 Å². The van der Waals surface area contributed by atoms with Crippen LogP contribution in [-0.4, -0.2) is 147 Å². The fraction of sp³-hybridized carbons (Fsp3) is 0.857. The summed E-state index contributed by atoms with van der Waals surface area (Å²) >= 11 is 0. The van der Waals surface area contributed by atoms with Gasteiger partial charge in [0.05, 0.1) is 25.2 Å². The maximum atomic E-state index is 10.1. The predicted molar refractivity (Wildman–Crippen MR) is 84.3 cm³/mol. The molecule has 0 spiro atoms. The quantitative estimate of drug-likeness (QED) is 0.108. The topological polar surface area (TPSA) is 323 Å². The maximum absolute atomic E-state index is 10.1. The van der Waals surface area contributed by atoms with Crippen molar-refractivity contribution in [3.8, 4) is 0 Å². The van der Waals surface area contributed by atoms with Gasteiger partial charge in [-0.1, -0.05) is 0 Å². The molecule has 0 aliphatic heterocycles. The number of carboxylic acids is 2. The summed E-state index contributed by atoms with van der Waals surface area (Å²) < 4.78 is 0. The minimum Gasteiger partial charge on any atom is -0.547 e. The summed E-state index contributed by atoms with van der Waals surface area (Å²) in [5, 5.41) is 126. The van der Waals surface area contributed by atoms with E-state index in [9.17, 15) is 19.8 Å². The molecule has 189 valence electrons. The first-order chi connectivity index (χ1) is 13.6. The van der Waals surface area contributed by atoms with Crippen LogP contribution in [-0.2, 0) is 26.7 Å². The molecule has 0 aromatic rings. The van der Waals surface area contributed by atoms with E-state index in [1.54, 1.807) is 0 Å². The van der Waals surface area contributed by atoms with E-state index in [1.807, 2.05) is 0 Å². The van der Waals surface area contributed by atoms with E-state index in [4.69, 9.17) is 61.3 Å². The Morgan fingerprint density at radius 3 is 0.903 bits per heavy atom. The number of hydrogen-bond donors (Lipinski definition) is 12. The molecular weight excluding hydrogens is 488 g/mol. The van der Waals surface area contributed by atoms with Gasteiger partial charge in [-0.25, -0.2) is 0 Å². The van der Waals surface area contributed by atoms with Crippen molar-refractivity contribution >= 4 is 11.9 Å². The van der Waals surface area contributed by atoms with Gasteiger partial charge >= 0.3 is 17.1 Å². The second kappa shape index (κ2) is 16.6. The molecule has 1 radical (unpaired) electrons. The number of carboxylic acid groups (broad SMARTS) is 2. The van der Waals surface area contributed by atoms with E-state index < -0.39 is 86.2 Å². The summed E-state index contributed by atoms with van der Waals surface area (Å²) in [7, 11) is 0. The zero-order chi connectivity index (χ0) is 24.3. The molecule has 2 unspecified atom stereocenters. The van der Waals surface area contributed by atoms with Gasteiger partial charge in [0.1, 0.15) is 61.0 Å². The van der Waals surface area contributed by atoms with E-state index in [1.165, 1.54) is 0 Å². The van der Waals surface area contributed by atoms with Crippen LogP contribution in [0.2, 0.25) is 0 Å². The van der Waals surface area contributed by atoms with Crippen molar-refractivity contribution in [2.75, 3.05) is 13.2 Å². The third kappa shape index (κ3) is 11.4. The van der Waals surface area contributed by atoms with Gasteiger partial charge in [-0.05, 0) is 0 Å². The number of carbonyl (C=O) groups excluding carboxylic acids is 2. The van der Waals surface area contributed by atoms with Crippen LogP contribution in [0.5, 0.6) is 0 Å². The average molecular weight is 514 g/mol. The van der Waals surface area contributed by atoms with Crippen LogP contribution in [0.3, 0.4) is 0 Å². The van der Waals surface area contributed by atoms with Gasteiger partial charge in [0.15, 0.2) is 0 Å². The Labute approximate surface area is 185 Å². The van der Waals surface area contributed by atoms with E-state index in [2.05, 4.69) is 0 Å². The first kappa shape index (κ1) is 34.6. The van der Waals surface area contributed by atoms with E-state index >= 15 is 0 Å². The molecule has 0 saturated heterocycles. The molecular formula is C14H26CuO16. The summed E-state index contributed by atoms with van der Waals surface area (Å²) in [6.45, 7) is -1.79. The normalized spacial score (nSPS) is 20.8. The standard InChI is InChI=1S/2C7H14O8.Cu/c2*8-1-2(9)3(10)4(11)5(12)6(13)7(14)15;/h2*2-6,8-13H,1H2,(H,14,15);/q;;+2/p-2/t2*2?,3-,4-,5+,6-;/m11./s1. The average Bonchev–Trinajstić information content (AvgIpc) is 2.73. The molecule has 0 saturated carbocycles. The van der Waals surface area contributed by atoms with Crippen LogP contribution >= 0.6 is 0 Å². The van der Waals surface area contributed by atoms with Gasteiger partial charge in [-0.2, -0.15) is 0 Å². The van der Waals surface area contributed by atoms with Crippen molar-refractivity contribution in [1.29, 1.82) is 0 Å². The molecule has 0 aliphatic rings. The minimum atomic E-state index is -2.40. The SMILES string of the molecule is O=C([O-])[C@H](O)[C@@H](O)[C@H](O)[C@H](O)C(O)CO.O=C([O-])[C@H](O)[C@@H](O)[C@H](O)[C@H](O)C(O)CO.[Cu+2]. The minimum absolute atomic E-state index is 0. The molecule has 0 heterocycles. The van der Waals surface area contributed by atoms with Crippen molar-refractivity contribution < 1.29 is 98.1 Å². The van der Waals surface area contributed by atoms with Gasteiger partial charge in [-0.15, -0.1) is 0 Å². The number of aliphatic hydroxyl groups excluding tert-OH is 12. The van der Waals surface area contributed by atoms with Gasteiger partial charge in [0, 0.05) is 0 Å². The summed E-state index contributed by atoms with van der Waals surface area (Å²) in [5.74, 6) is -4.07. The van der Waals surface area contributed by atoms with Crippen LogP contribution < -0.4 is 10.2 Å². The van der Waals surface area contributed by atoms with Crippen LogP contribution in [0.1, 0.15) is 0 Å². The fourth-order valence-corrected chi connectivity index (χ4v) is 1.73. The van der Waals surface area contributed by atoms with Crippen molar-refractivity contribution in [3.63, 3.8) is 0 Å². The monoisotopic (exact) mass is 513 g/mol. The van der Waals surface area contributed by atoms with Crippen LogP contribution in [0, 0.1) is 0 Å². The Bertz CT molecular complexity index is 465. The summed E-state index contributed by atoms with van der Waals surface area (Å²) in [5.41, 5.74) is 0. The first-order valence-corrected chi connectivity index (χ1v) is 8.09. The number of rotatable bonds is 12. The van der Waals surface area contributed by atoms with Gasteiger partial charge < -0.3 is 81.1 Å². The summed E-state index contributed by atoms with van der Waals surface area (Å²) in [6.07, 6.45) is -21.0. The molecule has 10 atom stereocenters. The van der Waals surface area contributed by atoms with Crippen LogP contribution in [0.25, 0.3) is 0 Å². The molecule has 12 N–H and O–H groups in total. The Morgan fingerprint density at radius 2 is 0.742 bits per heavy atom. The Kier molecular flexibility index (Phi) is 18.5. The molecule has 0 aliphatic carbocycles. The molecule has 31 heavy (non-hydrogen) atoms. The Morgan fingerprint density at radius 1 is 0.516 bits per heavy atom. The maximum Gasteiger partial charge on any atom is 2.00 e. The number of aliphatic carboxylic acids is 2. The predicted octanol–water partition coefficient (Wildman–Crippen LogP) is -10.9. The smallest absolute Gasteiger partial charge is 0.547 e. The van der Waals surface area contributed by atoms with E-state index in [-0.39, 0.29) is 17.1 Å². The molecule has 0 amide bonds. The second-order valence-electron chi connectivity index (χ2n) is 5.97.